The lowest BCUT2D eigenvalue weighted by Gasteiger charge is -2.23. The van der Waals surface area contributed by atoms with Gasteiger partial charge in [-0.1, -0.05) is 17.7 Å². The normalized spacial score (nSPS) is 13.7. The number of hydrogen-bond donors (Lipinski definition) is 1. The number of hydrogen-bond acceptors (Lipinski definition) is 4. The Balaban J connectivity index is 2.18. The molecule has 1 atom stereocenters. The predicted octanol–water partition coefficient (Wildman–Crippen LogP) is 4.80. The van der Waals surface area contributed by atoms with E-state index < -0.39 is 41.0 Å². The summed E-state index contributed by atoms with van der Waals surface area (Å²) in [6.45, 7) is 3.53. The Morgan fingerprint density at radius 3 is 1.84 bits per heavy atom. The van der Waals surface area contributed by atoms with Gasteiger partial charge in [0.15, 0.2) is 6.04 Å². The molecule has 0 heterocycles. The van der Waals surface area contributed by atoms with Crippen LogP contribution >= 0.6 is 0 Å². The molecule has 1 N–H and O–H groups in total. The Labute approximate surface area is 175 Å². The van der Waals surface area contributed by atoms with E-state index in [-0.39, 0.29) is 21.8 Å². The lowest BCUT2D eigenvalue weighted by atomic mass is 10.1. The van der Waals surface area contributed by atoms with Crippen molar-refractivity contribution in [3.05, 3.63) is 53.1 Å². The molecular formula is C19H19F6NO4S. The number of ether oxygens (including phenoxy) is 2. The molecule has 0 aliphatic rings. The van der Waals surface area contributed by atoms with Crippen LogP contribution in [0.1, 0.15) is 16.7 Å². The molecule has 12 heteroatoms. The van der Waals surface area contributed by atoms with Crippen LogP contribution in [-0.2, 0) is 10.0 Å². The van der Waals surface area contributed by atoms with Crippen LogP contribution in [0.25, 0.3) is 0 Å². The molecule has 2 rings (SSSR count). The molecular weight excluding hydrogens is 452 g/mol. The second-order valence-electron chi connectivity index (χ2n) is 6.77. The average molecular weight is 471 g/mol. The average Bonchev–Trinajstić information content (AvgIpc) is 2.56. The number of nitrogens with one attached hydrogen (secondary N) is 1. The topological polar surface area (TPSA) is 64.6 Å². The van der Waals surface area contributed by atoms with E-state index in [0.29, 0.717) is 0 Å². The third-order valence-corrected chi connectivity index (χ3v) is 5.82. The van der Waals surface area contributed by atoms with Crippen molar-refractivity contribution in [2.75, 3.05) is 6.61 Å². The molecule has 0 saturated heterocycles. The van der Waals surface area contributed by atoms with Gasteiger partial charge >= 0.3 is 12.5 Å². The van der Waals surface area contributed by atoms with E-state index >= 15 is 0 Å². The third kappa shape index (κ3) is 7.03. The second kappa shape index (κ2) is 8.95. The van der Waals surface area contributed by atoms with Crippen LogP contribution in [0.3, 0.4) is 0 Å². The van der Waals surface area contributed by atoms with Gasteiger partial charge in [-0.2, -0.15) is 17.9 Å². The molecule has 0 aliphatic carbocycles. The van der Waals surface area contributed by atoms with Gasteiger partial charge in [0.25, 0.3) is 0 Å². The molecule has 0 aliphatic heterocycles. The number of benzene rings is 2. The van der Waals surface area contributed by atoms with Crippen molar-refractivity contribution >= 4 is 10.0 Å². The van der Waals surface area contributed by atoms with Crippen LogP contribution in [0.15, 0.2) is 41.3 Å². The van der Waals surface area contributed by atoms with Gasteiger partial charge in [-0.25, -0.2) is 8.42 Å². The number of sulfonamides is 1. The Bertz CT molecular complexity index is 994. The highest BCUT2D eigenvalue weighted by Gasteiger charge is 2.43. The monoisotopic (exact) mass is 471 g/mol. The van der Waals surface area contributed by atoms with Gasteiger partial charge in [-0.15, -0.1) is 13.2 Å². The molecule has 0 saturated carbocycles. The molecule has 1 unspecified atom stereocenters. The van der Waals surface area contributed by atoms with Crippen molar-refractivity contribution in [3.8, 4) is 11.5 Å². The lowest BCUT2D eigenvalue weighted by molar-refractivity contribution is -0.274. The van der Waals surface area contributed by atoms with E-state index in [2.05, 4.69) is 4.74 Å². The van der Waals surface area contributed by atoms with Crippen molar-refractivity contribution in [2.24, 2.45) is 0 Å². The summed E-state index contributed by atoms with van der Waals surface area (Å²) in [5.74, 6) is -0.788. The maximum absolute atomic E-state index is 13.4. The largest absolute Gasteiger partial charge is 0.573 e. The van der Waals surface area contributed by atoms with Crippen molar-refractivity contribution in [3.63, 3.8) is 0 Å². The summed E-state index contributed by atoms with van der Waals surface area (Å²) in [7, 11) is -4.55. The van der Waals surface area contributed by atoms with Crippen molar-refractivity contribution in [1.29, 1.82) is 0 Å². The van der Waals surface area contributed by atoms with Gasteiger partial charge < -0.3 is 9.47 Å². The number of aryl methyl sites for hydroxylation is 3. The van der Waals surface area contributed by atoms with Crippen LogP contribution in [0.2, 0.25) is 0 Å². The predicted molar refractivity (Wildman–Crippen MR) is 99.4 cm³/mol. The van der Waals surface area contributed by atoms with Gasteiger partial charge in [0.05, 0.1) is 4.90 Å². The molecule has 172 valence electrons. The summed E-state index contributed by atoms with van der Waals surface area (Å²) in [6.07, 6.45) is -9.91. The highest BCUT2D eigenvalue weighted by molar-refractivity contribution is 7.89. The zero-order valence-electron chi connectivity index (χ0n) is 16.6. The minimum Gasteiger partial charge on any atom is -0.492 e. The summed E-state index contributed by atoms with van der Waals surface area (Å²) in [5.41, 5.74) is 1.32. The molecule has 0 fully saturated rings. The fraction of sp³-hybridized carbons (Fsp3) is 0.368. The van der Waals surface area contributed by atoms with Gasteiger partial charge in [-0.05, 0) is 56.2 Å². The first-order valence-electron chi connectivity index (χ1n) is 8.74. The molecule has 0 aromatic heterocycles. The van der Waals surface area contributed by atoms with Gasteiger partial charge in [0, 0.05) is 0 Å². The summed E-state index contributed by atoms with van der Waals surface area (Å²) in [4.78, 5) is -0.263. The summed E-state index contributed by atoms with van der Waals surface area (Å²) in [5, 5.41) is 0. The number of halogens is 6. The number of rotatable bonds is 7. The highest BCUT2D eigenvalue weighted by Crippen LogP contribution is 2.28. The zero-order valence-corrected chi connectivity index (χ0v) is 17.4. The molecule has 0 bridgehead atoms. The Morgan fingerprint density at radius 1 is 0.903 bits per heavy atom. The Kier molecular flexibility index (Phi) is 7.16. The summed E-state index contributed by atoms with van der Waals surface area (Å²) >= 11 is 0. The van der Waals surface area contributed by atoms with Crippen LogP contribution in [0, 0.1) is 20.8 Å². The van der Waals surface area contributed by atoms with Crippen LogP contribution < -0.4 is 14.2 Å². The third-order valence-electron chi connectivity index (χ3n) is 4.04. The smallest absolute Gasteiger partial charge is 0.492 e. The zero-order chi connectivity index (χ0) is 23.6. The first-order chi connectivity index (χ1) is 14.1. The van der Waals surface area contributed by atoms with E-state index in [0.717, 1.165) is 29.8 Å². The molecule has 0 radical (unpaired) electrons. The molecule has 0 spiro atoms. The quantitative estimate of drug-likeness (QED) is 0.590. The van der Waals surface area contributed by atoms with Crippen LogP contribution in [0.4, 0.5) is 26.3 Å². The Morgan fingerprint density at radius 2 is 1.39 bits per heavy atom. The maximum Gasteiger partial charge on any atom is 0.573 e. The molecule has 2 aromatic rings. The SMILES string of the molecule is Cc1cc(C)c(S(=O)(=O)NC(COc2ccc(OC(F)(F)F)cc2)C(F)(F)F)c(C)c1. The Hall–Kier alpha value is -2.47. The fourth-order valence-corrected chi connectivity index (χ4v) is 4.61. The van der Waals surface area contributed by atoms with Gasteiger partial charge in [0.2, 0.25) is 10.0 Å². The van der Waals surface area contributed by atoms with E-state index in [1.54, 1.807) is 11.6 Å². The fourth-order valence-electron chi connectivity index (χ4n) is 2.95. The lowest BCUT2D eigenvalue weighted by Crippen LogP contribution is -2.49. The van der Waals surface area contributed by atoms with Crippen molar-refractivity contribution in [1.82, 2.24) is 4.72 Å². The van der Waals surface area contributed by atoms with E-state index in [9.17, 15) is 34.8 Å². The van der Waals surface area contributed by atoms with Crippen LogP contribution in [0.5, 0.6) is 11.5 Å². The van der Waals surface area contributed by atoms with Gasteiger partial charge in [-0.3, -0.25) is 0 Å². The molecule has 0 amide bonds. The number of alkyl halides is 6. The highest BCUT2D eigenvalue weighted by atomic mass is 32.2. The minimum absolute atomic E-state index is 0.203. The second-order valence-corrected chi connectivity index (χ2v) is 8.42. The van der Waals surface area contributed by atoms with Gasteiger partial charge in [0.1, 0.15) is 18.1 Å². The van der Waals surface area contributed by atoms with E-state index in [1.165, 1.54) is 26.0 Å². The molecule has 31 heavy (non-hydrogen) atoms. The summed E-state index contributed by atoms with van der Waals surface area (Å²) < 4.78 is 112. The van der Waals surface area contributed by atoms with Crippen LogP contribution in [-0.4, -0.2) is 33.6 Å². The van der Waals surface area contributed by atoms with Crippen molar-refractivity contribution in [2.45, 2.75) is 44.2 Å². The van der Waals surface area contributed by atoms with E-state index in [4.69, 9.17) is 4.74 Å². The summed E-state index contributed by atoms with van der Waals surface area (Å²) in [6, 6.07) is 4.12. The molecule has 2 aromatic carbocycles. The first kappa shape index (κ1) is 24.8. The molecule has 5 nitrogen and oxygen atoms in total. The maximum atomic E-state index is 13.4. The minimum atomic E-state index is -4.99. The van der Waals surface area contributed by atoms with Crippen molar-refractivity contribution < 1.29 is 44.2 Å². The standard InChI is InChI=1S/C19H19F6NO4S/c1-11-8-12(2)17(13(3)9-11)31(27,28)26-16(18(20,21)22)10-29-14-4-6-15(7-5-14)30-19(23,24)25/h4-9,16,26H,10H2,1-3H3. The first-order valence-corrected chi connectivity index (χ1v) is 10.2. The van der Waals surface area contributed by atoms with E-state index in [1.807, 2.05) is 0 Å².